The van der Waals surface area contributed by atoms with Crippen molar-refractivity contribution >= 4 is 5.78 Å². The van der Waals surface area contributed by atoms with E-state index in [1.807, 2.05) is 36.4 Å². The van der Waals surface area contributed by atoms with E-state index in [9.17, 15) is 4.79 Å². The molecule has 0 bridgehead atoms. The molecule has 0 fully saturated rings. The van der Waals surface area contributed by atoms with E-state index in [0.29, 0.717) is 19.4 Å². The maximum Gasteiger partial charge on any atom is 0.141 e. The first-order valence-corrected chi connectivity index (χ1v) is 6.61. The standard InChI is InChI=1S/C16H16O3/c17-15(8-7-12-4-3-10-18-12)13-9-11-19-16-6-2-1-5-14(13)16/h1-6,10,13H,7-9,11H2. The molecule has 1 aromatic heterocycles. The molecule has 1 aliphatic heterocycles. The van der Waals surface area contributed by atoms with Crippen LogP contribution < -0.4 is 4.74 Å². The third-order valence-electron chi connectivity index (χ3n) is 3.55. The Bertz CT molecular complexity index is 557. The van der Waals surface area contributed by atoms with E-state index in [2.05, 4.69) is 0 Å². The van der Waals surface area contributed by atoms with Gasteiger partial charge in [-0.1, -0.05) is 18.2 Å². The molecule has 0 saturated carbocycles. The van der Waals surface area contributed by atoms with Gasteiger partial charge in [-0.15, -0.1) is 0 Å². The topological polar surface area (TPSA) is 39.4 Å². The van der Waals surface area contributed by atoms with E-state index >= 15 is 0 Å². The summed E-state index contributed by atoms with van der Waals surface area (Å²) in [4.78, 5) is 12.4. The van der Waals surface area contributed by atoms with E-state index in [1.54, 1.807) is 6.26 Å². The van der Waals surface area contributed by atoms with Gasteiger partial charge in [-0.2, -0.15) is 0 Å². The molecule has 0 saturated heterocycles. The number of furan rings is 1. The maximum atomic E-state index is 12.4. The highest BCUT2D eigenvalue weighted by atomic mass is 16.5. The highest BCUT2D eigenvalue weighted by Gasteiger charge is 2.26. The number of ether oxygens (including phenoxy) is 1. The second-order valence-electron chi connectivity index (χ2n) is 4.77. The normalized spacial score (nSPS) is 17.6. The van der Waals surface area contributed by atoms with Crippen LogP contribution in [0.4, 0.5) is 0 Å². The minimum atomic E-state index is -0.0279. The molecule has 98 valence electrons. The summed E-state index contributed by atoms with van der Waals surface area (Å²) in [5.41, 5.74) is 1.03. The van der Waals surface area contributed by atoms with Crippen LogP contribution in [0, 0.1) is 0 Å². The fourth-order valence-corrected chi connectivity index (χ4v) is 2.55. The molecule has 19 heavy (non-hydrogen) atoms. The Balaban J connectivity index is 1.71. The summed E-state index contributed by atoms with van der Waals surface area (Å²) in [5, 5.41) is 0. The molecule has 1 aromatic carbocycles. The highest BCUT2D eigenvalue weighted by molar-refractivity contribution is 5.86. The number of carbonyl (C=O) groups is 1. The summed E-state index contributed by atoms with van der Waals surface area (Å²) in [6, 6.07) is 11.6. The number of hydrogen-bond acceptors (Lipinski definition) is 3. The van der Waals surface area contributed by atoms with E-state index < -0.39 is 0 Å². The molecule has 3 rings (SSSR count). The first-order valence-electron chi connectivity index (χ1n) is 6.61. The van der Waals surface area contributed by atoms with E-state index in [1.165, 1.54) is 0 Å². The second-order valence-corrected chi connectivity index (χ2v) is 4.77. The number of aryl methyl sites for hydroxylation is 1. The van der Waals surface area contributed by atoms with Gasteiger partial charge in [0.15, 0.2) is 0 Å². The van der Waals surface area contributed by atoms with Crippen molar-refractivity contribution in [3.05, 3.63) is 54.0 Å². The number of hydrogen-bond donors (Lipinski definition) is 0. The predicted molar refractivity (Wildman–Crippen MR) is 71.3 cm³/mol. The summed E-state index contributed by atoms with van der Waals surface area (Å²) < 4.78 is 10.8. The van der Waals surface area contributed by atoms with Crippen LogP contribution in [0.5, 0.6) is 5.75 Å². The number of fused-ring (bicyclic) bond motifs is 1. The Morgan fingerprint density at radius 3 is 2.95 bits per heavy atom. The lowest BCUT2D eigenvalue weighted by atomic mass is 9.87. The fraction of sp³-hybridized carbons (Fsp3) is 0.312. The summed E-state index contributed by atoms with van der Waals surface area (Å²) in [7, 11) is 0. The Morgan fingerprint density at radius 2 is 2.11 bits per heavy atom. The van der Waals surface area contributed by atoms with Gasteiger partial charge < -0.3 is 9.15 Å². The lowest BCUT2D eigenvalue weighted by molar-refractivity contribution is -0.121. The zero-order chi connectivity index (χ0) is 13.1. The highest BCUT2D eigenvalue weighted by Crippen LogP contribution is 2.34. The average molecular weight is 256 g/mol. The van der Waals surface area contributed by atoms with Crippen LogP contribution >= 0.6 is 0 Å². The van der Waals surface area contributed by atoms with Gasteiger partial charge in [-0.25, -0.2) is 0 Å². The molecule has 2 heterocycles. The van der Waals surface area contributed by atoms with Crippen molar-refractivity contribution in [1.29, 1.82) is 0 Å². The van der Waals surface area contributed by atoms with Crippen molar-refractivity contribution in [3.63, 3.8) is 0 Å². The van der Waals surface area contributed by atoms with Gasteiger partial charge in [0.1, 0.15) is 17.3 Å². The van der Waals surface area contributed by atoms with Crippen LogP contribution in [0.3, 0.4) is 0 Å². The number of rotatable bonds is 4. The van der Waals surface area contributed by atoms with Crippen molar-refractivity contribution in [2.24, 2.45) is 0 Å². The SMILES string of the molecule is O=C(CCc1ccco1)C1CCOc2ccccc21. The number of Topliss-reactive ketones (excluding diaryl/α,β-unsaturated/α-hetero) is 1. The van der Waals surface area contributed by atoms with Crippen LogP contribution in [0.2, 0.25) is 0 Å². The molecular weight excluding hydrogens is 240 g/mol. The number of benzene rings is 1. The van der Waals surface area contributed by atoms with Gasteiger partial charge in [0.2, 0.25) is 0 Å². The van der Waals surface area contributed by atoms with Gasteiger partial charge in [-0.05, 0) is 24.6 Å². The number of para-hydroxylation sites is 1. The molecule has 3 nitrogen and oxygen atoms in total. The first kappa shape index (κ1) is 12.0. The van der Waals surface area contributed by atoms with Crippen molar-refractivity contribution in [1.82, 2.24) is 0 Å². The van der Waals surface area contributed by atoms with Crippen molar-refractivity contribution in [2.75, 3.05) is 6.61 Å². The molecule has 2 aromatic rings. The van der Waals surface area contributed by atoms with Crippen LogP contribution in [0.1, 0.15) is 30.1 Å². The quantitative estimate of drug-likeness (QED) is 0.842. The van der Waals surface area contributed by atoms with E-state index in [0.717, 1.165) is 23.5 Å². The lowest BCUT2D eigenvalue weighted by Crippen LogP contribution is -2.21. The van der Waals surface area contributed by atoms with Crippen molar-refractivity contribution < 1.29 is 13.9 Å². The molecule has 0 aliphatic carbocycles. The lowest BCUT2D eigenvalue weighted by Gasteiger charge is -2.24. The predicted octanol–water partition coefficient (Wildman–Crippen LogP) is 3.35. The minimum Gasteiger partial charge on any atom is -0.493 e. The van der Waals surface area contributed by atoms with Crippen LogP contribution in [-0.4, -0.2) is 12.4 Å². The molecule has 1 unspecified atom stereocenters. The Hall–Kier alpha value is -2.03. The smallest absolute Gasteiger partial charge is 0.141 e. The Morgan fingerprint density at radius 1 is 1.21 bits per heavy atom. The largest absolute Gasteiger partial charge is 0.493 e. The molecule has 1 aliphatic rings. The molecule has 1 atom stereocenters. The summed E-state index contributed by atoms with van der Waals surface area (Å²) in [5.74, 6) is 1.96. The van der Waals surface area contributed by atoms with Gasteiger partial charge in [0, 0.05) is 24.3 Å². The van der Waals surface area contributed by atoms with Gasteiger partial charge in [0.05, 0.1) is 12.9 Å². The summed E-state index contributed by atoms with van der Waals surface area (Å²) >= 11 is 0. The molecular formula is C16H16O3. The third-order valence-corrected chi connectivity index (χ3v) is 3.55. The summed E-state index contributed by atoms with van der Waals surface area (Å²) in [6.07, 6.45) is 3.61. The second kappa shape index (κ2) is 5.31. The van der Waals surface area contributed by atoms with Crippen LogP contribution in [0.15, 0.2) is 47.1 Å². The molecule has 3 heteroatoms. The van der Waals surface area contributed by atoms with Gasteiger partial charge >= 0.3 is 0 Å². The molecule has 0 amide bonds. The third kappa shape index (κ3) is 2.55. The maximum absolute atomic E-state index is 12.4. The van der Waals surface area contributed by atoms with Gasteiger partial charge in [-0.3, -0.25) is 4.79 Å². The minimum absolute atomic E-state index is 0.0279. The Labute approximate surface area is 112 Å². The van der Waals surface area contributed by atoms with Crippen molar-refractivity contribution in [2.45, 2.75) is 25.2 Å². The molecule has 0 N–H and O–H groups in total. The number of carbonyl (C=O) groups excluding carboxylic acids is 1. The average Bonchev–Trinajstić information content (AvgIpc) is 2.97. The fourth-order valence-electron chi connectivity index (χ4n) is 2.55. The first-order chi connectivity index (χ1) is 9.34. The molecule has 0 radical (unpaired) electrons. The number of ketones is 1. The zero-order valence-corrected chi connectivity index (χ0v) is 10.7. The van der Waals surface area contributed by atoms with E-state index in [4.69, 9.17) is 9.15 Å². The van der Waals surface area contributed by atoms with Gasteiger partial charge in [0.25, 0.3) is 0 Å². The summed E-state index contributed by atoms with van der Waals surface area (Å²) in [6.45, 7) is 0.619. The van der Waals surface area contributed by atoms with E-state index in [-0.39, 0.29) is 11.7 Å². The zero-order valence-electron chi connectivity index (χ0n) is 10.7. The Kier molecular flexibility index (Phi) is 3.36. The monoisotopic (exact) mass is 256 g/mol. The van der Waals surface area contributed by atoms with Crippen LogP contribution in [0.25, 0.3) is 0 Å². The molecule has 0 spiro atoms. The van der Waals surface area contributed by atoms with Crippen molar-refractivity contribution in [3.8, 4) is 5.75 Å². The van der Waals surface area contributed by atoms with Crippen LogP contribution in [-0.2, 0) is 11.2 Å².